The van der Waals surface area contributed by atoms with Gasteiger partial charge in [-0.3, -0.25) is 14.5 Å². The zero-order valence-electron chi connectivity index (χ0n) is 15.0. The fraction of sp³-hybridized carbons (Fsp3) is 0.389. The van der Waals surface area contributed by atoms with E-state index < -0.39 is 11.9 Å². The first-order valence-corrected chi connectivity index (χ1v) is 8.66. The number of benzene rings is 1. The van der Waals surface area contributed by atoms with E-state index in [0.29, 0.717) is 30.2 Å². The summed E-state index contributed by atoms with van der Waals surface area (Å²) in [6.45, 7) is 1.49. The van der Waals surface area contributed by atoms with Gasteiger partial charge in [-0.25, -0.2) is 9.37 Å². The SMILES string of the molecule is COc1ccc(CN2CCNC(=O)[C@H]2CC(=O)NCc2ncc[nH]2)c(F)c1. The minimum absolute atomic E-state index is 0.00961. The maximum Gasteiger partial charge on any atom is 0.237 e. The lowest BCUT2D eigenvalue weighted by molar-refractivity contribution is -0.134. The second kappa shape index (κ2) is 8.63. The van der Waals surface area contributed by atoms with Crippen LogP contribution in [0.25, 0.3) is 0 Å². The molecule has 144 valence electrons. The molecular formula is C18H22FN5O3. The van der Waals surface area contributed by atoms with Crippen molar-refractivity contribution >= 4 is 11.8 Å². The molecule has 1 aliphatic rings. The van der Waals surface area contributed by atoms with Gasteiger partial charge in [0.2, 0.25) is 11.8 Å². The van der Waals surface area contributed by atoms with Gasteiger partial charge in [-0.2, -0.15) is 0 Å². The van der Waals surface area contributed by atoms with Gasteiger partial charge in [0.25, 0.3) is 0 Å². The quantitative estimate of drug-likeness (QED) is 0.657. The van der Waals surface area contributed by atoms with Gasteiger partial charge in [-0.1, -0.05) is 6.07 Å². The molecule has 27 heavy (non-hydrogen) atoms. The van der Waals surface area contributed by atoms with Gasteiger partial charge in [-0.05, 0) is 6.07 Å². The van der Waals surface area contributed by atoms with Crippen molar-refractivity contribution in [1.82, 2.24) is 25.5 Å². The van der Waals surface area contributed by atoms with Crippen molar-refractivity contribution in [2.45, 2.75) is 25.6 Å². The van der Waals surface area contributed by atoms with Crippen molar-refractivity contribution < 1.29 is 18.7 Å². The summed E-state index contributed by atoms with van der Waals surface area (Å²) in [6.07, 6.45) is 3.26. The van der Waals surface area contributed by atoms with Crippen LogP contribution in [0.15, 0.2) is 30.6 Å². The van der Waals surface area contributed by atoms with Crippen LogP contribution in [0.2, 0.25) is 0 Å². The van der Waals surface area contributed by atoms with E-state index in [4.69, 9.17) is 4.74 Å². The highest BCUT2D eigenvalue weighted by Crippen LogP contribution is 2.20. The number of nitrogens with one attached hydrogen (secondary N) is 3. The number of carbonyl (C=O) groups excluding carboxylic acids is 2. The number of hydrogen-bond donors (Lipinski definition) is 3. The Balaban J connectivity index is 1.64. The van der Waals surface area contributed by atoms with Crippen LogP contribution < -0.4 is 15.4 Å². The Bertz CT molecular complexity index is 796. The third kappa shape index (κ3) is 4.82. The van der Waals surface area contributed by atoms with E-state index in [1.807, 2.05) is 4.90 Å². The van der Waals surface area contributed by atoms with Crippen molar-refractivity contribution in [3.8, 4) is 5.75 Å². The molecule has 0 bridgehead atoms. The molecule has 3 N–H and O–H groups in total. The van der Waals surface area contributed by atoms with Crippen LogP contribution in [0.4, 0.5) is 4.39 Å². The first kappa shape index (κ1) is 18.8. The molecule has 1 aromatic heterocycles. The Morgan fingerprint density at radius 1 is 1.48 bits per heavy atom. The van der Waals surface area contributed by atoms with Crippen molar-refractivity contribution in [3.63, 3.8) is 0 Å². The number of aromatic amines is 1. The first-order valence-electron chi connectivity index (χ1n) is 8.66. The van der Waals surface area contributed by atoms with Crippen molar-refractivity contribution in [1.29, 1.82) is 0 Å². The molecule has 1 fully saturated rings. The van der Waals surface area contributed by atoms with Gasteiger partial charge in [0, 0.05) is 43.7 Å². The van der Waals surface area contributed by atoms with Crippen molar-refractivity contribution in [3.05, 3.63) is 47.8 Å². The number of piperazine rings is 1. The summed E-state index contributed by atoms with van der Waals surface area (Å²) < 4.78 is 19.3. The lowest BCUT2D eigenvalue weighted by atomic mass is 10.1. The third-order valence-corrected chi connectivity index (χ3v) is 4.46. The smallest absolute Gasteiger partial charge is 0.237 e. The zero-order valence-corrected chi connectivity index (χ0v) is 15.0. The number of H-pyrrole nitrogens is 1. The monoisotopic (exact) mass is 375 g/mol. The van der Waals surface area contributed by atoms with Gasteiger partial charge < -0.3 is 20.4 Å². The maximum atomic E-state index is 14.3. The summed E-state index contributed by atoms with van der Waals surface area (Å²) in [6, 6.07) is 3.96. The van der Waals surface area contributed by atoms with E-state index in [1.165, 1.54) is 13.2 Å². The molecule has 1 saturated heterocycles. The number of hydrogen-bond acceptors (Lipinski definition) is 5. The van der Waals surface area contributed by atoms with Crippen LogP contribution in [0.1, 0.15) is 17.8 Å². The molecule has 9 heteroatoms. The largest absolute Gasteiger partial charge is 0.497 e. The van der Waals surface area contributed by atoms with Gasteiger partial charge >= 0.3 is 0 Å². The molecular weight excluding hydrogens is 353 g/mol. The highest BCUT2D eigenvalue weighted by atomic mass is 19.1. The molecule has 0 radical (unpaired) electrons. The third-order valence-electron chi connectivity index (χ3n) is 4.46. The van der Waals surface area contributed by atoms with E-state index in [9.17, 15) is 14.0 Å². The zero-order chi connectivity index (χ0) is 19.2. The minimum atomic E-state index is -0.656. The van der Waals surface area contributed by atoms with Crippen molar-refractivity contribution in [2.75, 3.05) is 20.2 Å². The molecule has 0 saturated carbocycles. The van der Waals surface area contributed by atoms with Gasteiger partial charge in [0.15, 0.2) is 0 Å². The van der Waals surface area contributed by atoms with Crippen LogP contribution in [0, 0.1) is 5.82 Å². The molecule has 3 rings (SSSR count). The number of ether oxygens (including phenoxy) is 1. The number of methoxy groups -OCH3 is 1. The summed E-state index contributed by atoms with van der Waals surface area (Å²) in [5.41, 5.74) is 0.450. The number of nitrogens with zero attached hydrogens (tertiary/aromatic N) is 2. The van der Waals surface area contributed by atoms with E-state index in [0.717, 1.165) is 0 Å². The molecule has 8 nitrogen and oxygen atoms in total. The standard InChI is InChI=1S/C18H22FN5O3/c1-27-13-3-2-12(14(19)8-13)11-24-7-6-22-18(26)15(24)9-17(25)23-10-16-20-4-5-21-16/h2-5,8,15H,6-7,9-11H2,1H3,(H,20,21)(H,22,26)(H,23,25)/t15-/m1/s1. The Morgan fingerprint density at radius 2 is 2.33 bits per heavy atom. The Labute approximate surface area is 156 Å². The lowest BCUT2D eigenvalue weighted by Crippen LogP contribution is -2.56. The van der Waals surface area contributed by atoms with Gasteiger partial charge in [0.1, 0.15) is 17.4 Å². The molecule has 0 spiro atoms. The average molecular weight is 375 g/mol. The highest BCUT2D eigenvalue weighted by molar-refractivity contribution is 5.88. The van der Waals surface area contributed by atoms with Crippen LogP contribution in [0.3, 0.4) is 0 Å². The number of carbonyl (C=O) groups is 2. The molecule has 0 unspecified atom stereocenters. The van der Waals surface area contributed by atoms with Crippen LogP contribution >= 0.6 is 0 Å². The van der Waals surface area contributed by atoms with Crippen LogP contribution in [-0.4, -0.2) is 52.9 Å². The highest BCUT2D eigenvalue weighted by Gasteiger charge is 2.32. The summed E-state index contributed by atoms with van der Waals surface area (Å²) in [5.74, 6) is 0.161. The Kier molecular flexibility index (Phi) is 6.02. The summed E-state index contributed by atoms with van der Waals surface area (Å²) >= 11 is 0. The number of halogens is 1. The summed E-state index contributed by atoms with van der Waals surface area (Å²) in [7, 11) is 1.47. The summed E-state index contributed by atoms with van der Waals surface area (Å²) in [4.78, 5) is 33.3. The fourth-order valence-electron chi connectivity index (χ4n) is 3.00. The molecule has 1 aliphatic heterocycles. The van der Waals surface area contributed by atoms with Crippen molar-refractivity contribution in [2.24, 2.45) is 0 Å². The molecule has 1 atom stereocenters. The number of aromatic nitrogens is 2. The number of rotatable bonds is 7. The number of imidazole rings is 1. The van der Waals surface area contributed by atoms with E-state index in [2.05, 4.69) is 20.6 Å². The van der Waals surface area contributed by atoms with Crippen LogP contribution in [0.5, 0.6) is 5.75 Å². The molecule has 2 aromatic rings. The molecule has 1 aromatic carbocycles. The van der Waals surface area contributed by atoms with E-state index >= 15 is 0 Å². The topological polar surface area (TPSA) is 99.3 Å². The van der Waals surface area contributed by atoms with Crippen LogP contribution in [-0.2, 0) is 22.7 Å². The maximum absolute atomic E-state index is 14.3. The Morgan fingerprint density at radius 3 is 3.04 bits per heavy atom. The van der Waals surface area contributed by atoms with Gasteiger partial charge in [-0.15, -0.1) is 0 Å². The molecule has 0 aliphatic carbocycles. The van der Waals surface area contributed by atoms with E-state index in [-0.39, 0.29) is 31.3 Å². The minimum Gasteiger partial charge on any atom is -0.497 e. The molecule has 2 amide bonds. The second-order valence-corrected chi connectivity index (χ2v) is 6.25. The Hall–Kier alpha value is -2.94. The second-order valence-electron chi connectivity index (χ2n) is 6.25. The predicted octanol–water partition coefficient (Wildman–Crippen LogP) is 0.564. The average Bonchev–Trinajstić information content (AvgIpc) is 3.18. The predicted molar refractivity (Wildman–Crippen MR) is 95.2 cm³/mol. The van der Waals surface area contributed by atoms with E-state index in [1.54, 1.807) is 24.5 Å². The normalized spacial score (nSPS) is 17.4. The van der Waals surface area contributed by atoms with Gasteiger partial charge in [0.05, 0.1) is 26.1 Å². The fourth-order valence-corrected chi connectivity index (χ4v) is 3.00. The first-order chi connectivity index (χ1) is 13.1. The number of amides is 2. The molecule has 2 heterocycles. The lowest BCUT2D eigenvalue weighted by Gasteiger charge is -2.34. The summed E-state index contributed by atoms with van der Waals surface area (Å²) in [5, 5.41) is 5.50.